The molecule has 4 heterocycles. The first-order chi connectivity index (χ1) is 11.1. The van der Waals surface area contributed by atoms with E-state index in [1.165, 1.54) is 11.2 Å². The first kappa shape index (κ1) is 13.6. The number of amides is 4. The number of aromatic amines is 1. The summed E-state index contributed by atoms with van der Waals surface area (Å²) in [7, 11) is 0. The van der Waals surface area contributed by atoms with Gasteiger partial charge in [0.2, 0.25) is 5.91 Å². The van der Waals surface area contributed by atoms with Crippen molar-refractivity contribution < 1.29 is 18.8 Å². The molecule has 9 heteroatoms. The van der Waals surface area contributed by atoms with Crippen LogP contribution >= 0.6 is 0 Å². The van der Waals surface area contributed by atoms with Crippen LogP contribution in [0, 0.1) is 0 Å². The smallest absolute Gasteiger partial charge is 0.324 e. The Morgan fingerprint density at radius 1 is 1.35 bits per heavy atom. The van der Waals surface area contributed by atoms with E-state index >= 15 is 0 Å². The minimum absolute atomic E-state index is 0.0230. The first-order valence-electron chi connectivity index (χ1n) is 7.12. The highest BCUT2D eigenvalue weighted by molar-refractivity contribution is 6.03. The summed E-state index contributed by atoms with van der Waals surface area (Å²) in [5.74, 6) is 0.0895. The molecule has 9 nitrogen and oxygen atoms in total. The summed E-state index contributed by atoms with van der Waals surface area (Å²) >= 11 is 0. The Morgan fingerprint density at radius 2 is 2.17 bits per heavy atom. The Labute approximate surface area is 130 Å². The highest BCUT2D eigenvalue weighted by Gasteiger charge is 2.43. The topological polar surface area (TPSA) is 112 Å². The summed E-state index contributed by atoms with van der Waals surface area (Å²) in [5.41, 5.74) is 0.886. The van der Waals surface area contributed by atoms with Gasteiger partial charge in [0, 0.05) is 19.2 Å². The van der Waals surface area contributed by atoms with E-state index in [2.05, 4.69) is 15.5 Å². The highest BCUT2D eigenvalue weighted by Crippen LogP contribution is 2.22. The fourth-order valence-electron chi connectivity index (χ4n) is 2.74. The number of nitrogens with zero attached hydrogens (tertiary/aromatic N) is 3. The van der Waals surface area contributed by atoms with Gasteiger partial charge in [-0.2, -0.15) is 5.10 Å². The summed E-state index contributed by atoms with van der Waals surface area (Å²) in [6.07, 6.45) is 1.54. The van der Waals surface area contributed by atoms with Gasteiger partial charge in [-0.15, -0.1) is 0 Å². The van der Waals surface area contributed by atoms with Gasteiger partial charge < -0.3 is 14.6 Å². The highest BCUT2D eigenvalue weighted by atomic mass is 16.3. The van der Waals surface area contributed by atoms with Crippen LogP contribution in [-0.2, 0) is 4.79 Å². The number of hydrogen-bond acceptors (Lipinski definition) is 5. The van der Waals surface area contributed by atoms with Crippen LogP contribution in [0.3, 0.4) is 0 Å². The quantitative estimate of drug-likeness (QED) is 0.777. The summed E-state index contributed by atoms with van der Waals surface area (Å²) in [6, 6.07) is 4.46. The maximum atomic E-state index is 12.3. The molecule has 2 aromatic rings. The van der Waals surface area contributed by atoms with Crippen LogP contribution in [0.5, 0.6) is 0 Å². The molecule has 2 aliphatic heterocycles. The Morgan fingerprint density at radius 3 is 2.83 bits per heavy atom. The molecule has 118 valence electrons. The van der Waals surface area contributed by atoms with Crippen molar-refractivity contribution in [1.29, 1.82) is 0 Å². The number of nitrogens with one attached hydrogen (secondary N) is 2. The number of aromatic nitrogens is 2. The van der Waals surface area contributed by atoms with Crippen molar-refractivity contribution in [3.8, 4) is 11.5 Å². The summed E-state index contributed by atoms with van der Waals surface area (Å²) in [4.78, 5) is 38.2. The normalized spacial score (nSPS) is 18.3. The summed E-state index contributed by atoms with van der Waals surface area (Å²) < 4.78 is 5.24. The predicted molar refractivity (Wildman–Crippen MR) is 76.2 cm³/mol. The average molecular weight is 315 g/mol. The number of carbonyl (C=O) groups is 3. The molecule has 0 bridgehead atoms. The van der Waals surface area contributed by atoms with Gasteiger partial charge in [-0.05, 0) is 12.1 Å². The first-order valence-corrected chi connectivity index (χ1v) is 7.12. The van der Waals surface area contributed by atoms with Crippen molar-refractivity contribution in [2.45, 2.75) is 6.04 Å². The minimum Gasteiger partial charge on any atom is -0.463 e. The van der Waals surface area contributed by atoms with Crippen molar-refractivity contribution in [3.63, 3.8) is 0 Å². The van der Waals surface area contributed by atoms with E-state index in [4.69, 9.17) is 4.42 Å². The summed E-state index contributed by atoms with van der Waals surface area (Å²) in [6.45, 7) is 0.664. The number of rotatable bonds is 3. The number of urea groups is 1. The fraction of sp³-hybridized carbons (Fsp3) is 0.286. The second kappa shape index (κ2) is 4.97. The number of H-pyrrole nitrogens is 1. The van der Waals surface area contributed by atoms with Crippen LogP contribution in [0.4, 0.5) is 4.79 Å². The van der Waals surface area contributed by atoms with Gasteiger partial charge in [0.05, 0.1) is 18.8 Å². The van der Waals surface area contributed by atoms with E-state index in [1.807, 2.05) is 0 Å². The number of hydrogen-bond donors (Lipinski definition) is 2. The molecule has 2 fully saturated rings. The standard InChI is InChI=1S/C14H13N5O4/c20-12-5-15-14(22)19(12)8-6-18(7-8)13(21)10-4-9(16-17-10)11-2-1-3-23-11/h1-4,8H,5-7H2,(H,15,22)(H,16,17). The van der Waals surface area contributed by atoms with Gasteiger partial charge in [-0.25, -0.2) is 4.79 Å². The van der Waals surface area contributed by atoms with Crippen molar-refractivity contribution >= 4 is 17.8 Å². The molecule has 0 aliphatic carbocycles. The molecule has 0 unspecified atom stereocenters. The van der Waals surface area contributed by atoms with Crippen molar-refractivity contribution in [2.24, 2.45) is 0 Å². The van der Waals surface area contributed by atoms with E-state index in [1.54, 1.807) is 23.1 Å². The van der Waals surface area contributed by atoms with Crippen LogP contribution < -0.4 is 5.32 Å². The molecule has 4 rings (SSSR count). The average Bonchev–Trinajstić information content (AvgIpc) is 3.20. The van der Waals surface area contributed by atoms with Gasteiger partial charge >= 0.3 is 6.03 Å². The Bertz CT molecular complexity index is 759. The van der Waals surface area contributed by atoms with Gasteiger partial charge in [0.1, 0.15) is 5.69 Å². The molecular weight excluding hydrogens is 302 g/mol. The van der Waals surface area contributed by atoms with Gasteiger partial charge in [-0.1, -0.05) is 0 Å². The third-order valence-electron chi connectivity index (χ3n) is 3.98. The number of likely N-dealkylation sites (tertiary alicyclic amines) is 1. The lowest BCUT2D eigenvalue weighted by Crippen LogP contribution is -2.62. The molecule has 2 N–H and O–H groups in total. The van der Waals surface area contributed by atoms with Gasteiger partial charge in [-0.3, -0.25) is 19.6 Å². The third kappa shape index (κ3) is 2.17. The van der Waals surface area contributed by atoms with Crippen LogP contribution in [0.25, 0.3) is 11.5 Å². The molecule has 23 heavy (non-hydrogen) atoms. The molecule has 4 amide bonds. The van der Waals surface area contributed by atoms with E-state index in [0.717, 1.165) is 0 Å². The zero-order chi connectivity index (χ0) is 16.0. The van der Waals surface area contributed by atoms with E-state index < -0.39 is 6.03 Å². The number of imide groups is 1. The molecule has 0 aromatic carbocycles. The van der Waals surface area contributed by atoms with E-state index in [-0.39, 0.29) is 30.1 Å². The second-order valence-corrected chi connectivity index (χ2v) is 5.43. The predicted octanol–water partition coefficient (Wildman–Crippen LogP) is 0.0459. The van der Waals surface area contributed by atoms with Crippen LogP contribution in [-0.4, -0.2) is 63.5 Å². The molecule has 0 spiro atoms. The number of carbonyl (C=O) groups excluding carboxylic acids is 3. The third-order valence-corrected chi connectivity index (χ3v) is 3.98. The lowest BCUT2D eigenvalue weighted by molar-refractivity contribution is -0.128. The molecule has 0 atom stereocenters. The molecule has 2 aromatic heterocycles. The van der Waals surface area contributed by atoms with Gasteiger partial charge in [0.25, 0.3) is 5.91 Å². The Hall–Kier alpha value is -3.10. The second-order valence-electron chi connectivity index (χ2n) is 5.43. The molecular formula is C14H13N5O4. The fourth-order valence-corrected chi connectivity index (χ4v) is 2.74. The summed E-state index contributed by atoms with van der Waals surface area (Å²) in [5, 5.41) is 9.21. The van der Waals surface area contributed by atoms with E-state index in [0.29, 0.717) is 24.5 Å². The molecule has 2 aliphatic rings. The SMILES string of the molecule is O=C(c1cc(-c2ccco2)[nH]n1)N1CC(N2C(=O)CNC2=O)C1. The van der Waals surface area contributed by atoms with Gasteiger partial charge in [0.15, 0.2) is 11.5 Å². The minimum atomic E-state index is -0.396. The Balaban J connectivity index is 1.42. The van der Waals surface area contributed by atoms with Crippen LogP contribution in [0.1, 0.15) is 10.5 Å². The zero-order valence-corrected chi connectivity index (χ0v) is 12.0. The monoisotopic (exact) mass is 315 g/mol. The molecule has 0 radical (unpaired) electrons. The lowest BCUT2D eigenvalue weighted by atomic mass is 10.1. The molecule has 2 saturated heterocycles. The Kier molecular flexibility index (Phi) is 2.93. The van der Waals surface area contributed by atoms with Crippen LogP contribution in [0.15, 0.2) is 28.9 Å². The lowest BCUT2D eigenvalue weighted by Gasteiger charge is -2.42. The molecule has 0 saturated carbocycles. The maximum Gasteiger partial charge on any atom is 0.324 e. The van der Waals surface area contributed by atoms with Crippen molar-refractivity contribution in [1.82, 2.24) is 25.3 Å². The van der Waals surface area contributed by atoms with Crippen molar-refractivity contribution in [2.75, 3.05) is 19.6 Å². The largest absolute Gasteiger partial charge is 0.463 e. The zero-order valence-electron chi connectivity index (χ0n) is 12.0. The van der Waals surface area contributed by atoms with Crippen LogP contribution in [0.2, 0.25) is 0 Å². The maximum absolute atomic E-state index is 12.3. The van der Waals surface area contributed by atoms with Crippen molar-refractivity contribution in [3.05, 3.63) is 30.2 Å². The van der Waals surface area contributed by atoms with E-state index in [9.17, 15) is 14.4 Å². The number of furan rings is 1.